The first-order valence-corrected chi connectivity index (χ1v) is 7.65. The molecule has 2 aromatic carbocycles. The van der Waals surface area contributed by atoms with Crippen molar-refractivity contribution < 1.29 is 26.0 Å². The molecule has 2 rings (SSSR count). The molecule has 0 amide bonds. The number of rotatable bonds is 4. The van der Waals surface area contributed by atoms with E-state index in [0.717, 1.165) is 18.2 Å². The van der Waals surface area contributed by atoms with Crippen LogP contribution in [-0.4, -0.2) is 8.42 Å². The first-order chi connectivity index (χ1) is 10.2. The fraction of sp³-hybridized carbons (Fsp3) is 0.0769. The smallest absolute Gasteiger partial charge is 0.207 e. The van der Waals surface area contributed by atoms with Crippen molar-refractivity contribution >= 4 is 21.6 Å². The lowest BCUT2D eigenvalue weighted by Gasteiger charge is -2.08. The molecule has 0 fully saturated rings. The number of nitrogens with one attached hydrogen (secondary N) is 1. The maximum Gasteiger partial charge on any atom is 0.240 e. The van der Waals surface area contributed by atoms with Crippen molar-refractivity contribution in [2.24, 2.45) is 0 Å². The highest BCUT2D eigenvalue weighted by molar-refractivity contribution is 7.89. The van der Waals surface area contributed by atoms with Crippen LogP contribution >= 0.6 is 11.6 Å². The maximum atomic E-state index is 13.0. The van der Waals surface area contributed by atoms with Crippen LogP contribution in [0.2, 0.25) is 5.02 Å². The number of hydrogen-bond donors (Lipinski definition) is 1. The van der Waals surface area contributed by atoms with Gasteiger partial charge in [0.05, 0.1) is 9.92 Å². The molecule has 1 N–H and O–H groups in total. The van der Waals surface area contributed by atoms with Crippen LogP contribution in [0.3, 0.4) is 0 Å². The monoisotopic (exact) mass is 353 g/mol. The van der Waals surface area contributed by atoms with Crippen LogP contribution in [0.15, 0.2) is 35.2 Å². The maximum absolute atomic E-state index is 13.0. The zero-order valence-corrected chi connectivity index (χ0v) is 12.3. The van der Waals surface area contributed by atoms with Gasteiger partial charge in [0.25, 0.3) is 0 Å². The molecule has 2 aromatic rings. The Balaban J connectivity index is 2.21. The molecule has 0 aromatic heterocycles. The lowest BCUT2D eigenvalue weighted by Crippen LogP contribution is -2.23. The van der Waals surface area contributed by atoms with Crippen LogP contribution in [-0.2, 0) is 16.6 Å². The van der Waals surface area contributed by atoms with E-state index in [9.17, 15) is 26.0 Å². The van der Waals surface area contributed by atoms with Crippen molar-refractivity contribution in [2.45, 2.75) is 11.4 Å². The summed E-state index contributed by atoms with van der Waals surface area (Å²) in [6.45, 7) is -0.481. The summed E-state index contributed by atoms with van der Waals surface area (Å²) in [5, 5.41) is -0.387. The summed E-state index contributed by atoms with van der Waals surface area (Å²) in [6.07, 6.45) is 0. The second kappa shape index (κ2) is 6.23. The van der Waals surface area contributed by atoms with Gasteiger partial charge in [0.15, 0.2) is 17.5 Å². The standard InChI is InChI=1S/C13H8ClF4NO2S/c14-9-5-8(1-2-10(9)15)22(20,21)19-6-7-3-11(16)13(18)12(17)4-7/h1-5,19H,6H2. The van der Waals surface area contributed by atoms with Crippen LogP contribution < -0.4 is 4.72 Å². The molecule has 0 radical (unpaired) electrons. The number of sulfonamides is 1. The van der Waals surface area contributed by atoms with Crippen molar-refractivity contribution in [3.05, 3.63) is 64.2 Å². The number of halogens is 5. The fourth-order valence-corrected chi connectivity index (χ4v) is 2.90. The molecule has 0 spiro atoms. The molecule has 0 atom stereocenters. The van der Waals surface area contributed by atoms with Crippen LogP contribution in [0.4, 0.5) is 17.6 Å². The van der Waals surface area contributed by atoms with Gasteiger partial charge in [-0.2, -0.15) is 0 Å². The Morgan fingerprint density at radius 1 is 0.955 bits per heavy atom. The third kappa shape index (κ3) is 3.57. The zero-order chi connectivity index (χ0) is 16.5. The molecule has 118 valence electrons. The zero-order valence-electron chi connectivity index (χ0n) is 10.7. The lowest BCUT2D eigenvalue weighted by molar-refractivity contribution is 0.445. The predicted molar refractivity (Wildman–Crippen MR) is 71.8 cm³/mol. The minimum absolute atomic E-state index is 0.117. The van der Waals surface area contributed by atoms with E-state index < -0.39 is 39.8 Å². The van der Waals surface area contributed by atoms with E-state index in [-0.39, 0.29) is 15.5 Å². The van der Waals surface area contributed by atoms with E-state index >= 15 is 0 Å². The Labute approximate surface area is 128 Å². The topological polar surface area (TPSA) is 46.2 Å². The van der Waals surface area contributed by atoms with Crippen molar-refractivity contribution in [3.63, 3.8) is 0 Å². The molecule has 0 unspecified atom stereocenters. The molecule has 0 saturated heterocycles. The summed E-state index contributed by atoms with van der Waals surface area (Å²) in [4.78, 5) is -0.318. The van der Waals surface area contributed by atoms with Gasteiger partial charge in [0, 0.05) is 6.54 Å². The van der Waals surface area contributed by atoms with Gasteiger partial charge in [-0.3, -0.25) is 0 Å². The Morgan fingerprint density at radius 3 is 2.09 bits per heavy atom. The molecular weight excluding hydrogens is 346 g/mol. The molecule has 3 nitrogen and oxygen atoms in total. The highest BCUT2D eigenvalue weighted by Gasteiger charge is 2.17. The molecular formula is C13H8ClF4NO2S. The van der Waals surface area contributed by atoms with Gasteiger partial charge in [0.2, 0.25) is 10.0 Å². The van der Waals surface area contributed by atoms with Gasteiger partial charge in [0.1, 0.15) is 5.82 Å². The Morgan fingerprint density at radius 2 is 1.55 bits per heavy atom. The van der Waals surface area contributed by atoms with E-state index in [1.54, 1.807) is 0 Å². The molecule has 0 aliphatic heterocycles. The molecule has 0 aliphatic rings. The molecule has 9 heteroatoms. The van der Waals surface area contributed by atoms with Crippen molar-refractivity contribution in [1.82, 2.24) is 4.72 Å². The van der Waals surface area contributed by atoms with Crippen LogP contribution in [0.1, 0.15) is 5.56 Å². The van der Waals surface area contributed by atoms with Gasteiger partial charge < -0.3 is 0 Å². The summed E-state index contributed by atoms with van der Waals surface area (Å²) in [5.74, 6) is -5.29. The van der Waals surface area contributed by atoms with Crippen molar-refractivity contribution in [3.8, 4) is 0 Å². The van der Waals surface area contributed by atoms with Crippen LogP contribution in [0.25, 0.3) is 0 Å². The van der Waals surface area contributed by atoms with Gasteiger partial charge in [-0.15, -0.1) is 0 Å². The summed E-state index contributed by atoms with van der Waals surface area (Å²) in [6, 6.07) is 4.08. The highest BCUT2D eigenvalue weighted by atomic mass is 35.5. The Hall–Kier alpha value is -1.64. The van der Waals surface area contributed by atoms with Crippen LogP contribution in [0.5, 0.6) is 0 Å². The van der Waals surface area contributed by atoms with Crippen molar-refractivity contribution in [2.75, 3.05) is 0 Å². The van der Waals surface area contributed by atoms with E-state index in [0.29, 0.717) is 12.1 Å². The summed E-state index contributed by atoms with van der Waals surface area (Å²) < 4.78 is 77.8. The SMILES string of the molecule is O=S(=O)(NCc1cc(F)c(F)c(F)c1)c1ccc(F)c(Cl)c1. The van der Waals surface area contributed by atoms with E-state index in [1.165, 1.54) is 0 Å². The number of benzene rings is 2. The van der Waals surface area contributed by atoms with E-state index in [4.69, 9.17) is 11.6 Å². The molecule has 0 saturated carbocycles. The second-order valence-corrected chi connectivity index (χ2v) is 6.45. The highest BCUT2D eigenvalue weighted by Crippen LogP contribution is 2.20. The molecule has 22 heavy (non-hydrogen) atoms. The third-order valence-electron chi connectivity index (χ3n) is 2.71. The average Bonchev–Trinajstić information content (AvgIpc) is 2.45. The number of hydrogen-bond acceptors (Lipinski definition) is 2. The molecule has 0 aliphatic carbocycles. The predicted octanol–water partition coefficient (Wildman–Crippen LogP) is 3.37. The average molecular weight is 354 g/mol. The summed E-state index contributed by atoms with van der Waals surface area (Å²) >= 11 is 5.49. The normalized spacial score (nSPS) is 11.7. The quantitative estimate of drug-likeness (QED) is 0.676. The Kier molecular flexibility index (Phi) is 4.74. The van der Waals surface area contributed by atoms with Gasteiger partial charge in [-0.1, -0.05) is 11.6 Å². The second-order valence-electron chi connectivity index (χ2n) is 4.27. The first kappa shape index (κ1) is 16.7. The third-order valence-corrected chi connectivity index (χ3v) is 4.40. The van der Waals surface area contributed by atoms with E-state index in [1.807, 2.05) is 4.72 Å². The van der Waals surface area contributed by atoms with E-state index in [2.05, 4.69) is 0 Å². The fourth-order valence-electron chi connectivity index (χ4n) is 1.62. The van der Waals surface area contributed by atoms with Gasteiger partial charge in [-0.25, -0.2) is 30.7 Å². The Bertz CT molecular complexity index is 804. The molecule has 0 bridgehead atoms. The largest absolute Gasteiger partial charge is 0.240 e. The summed E-state index contributed by atoms with van der Waals surface area (Å²) in [5.41, 5.74) is -0.117. The minimum atomic E-state index is -4.07. The minimum Gasteiger partial charge on any atom is -0.207 e. The lowest BCUT2D eigenvalue weighted by atomic mass is 10.2. The van der Waals surface area contributed by atoms with Gasteiger partial charge in [-0.05, 0) is 35.9 Å². The first-order valence-electron chi connectivity index (χ1n) is 5.79. The van der Waals surface area contributed by atoms with Crippen molar-refractivity contribution in [1.29, 1.82) is 0 Å². The van der Waals surface area contributed by atoms with Crippen LogP contribution in [0, 0.1) is 23.3 Å². The molecule has 0 heterocycles. The van der Waals surface area contributed by atoms with Gasteiger partial charge >= 0.3 is 0 Å². The summed E-state index contributed by atoms with van der Waals surface area (Å²) in [7, 11) is -4.07.